The smallest absolute Gasteiger partial charge is 0.320 e. The summed E-state index contributed by atoms with van der Waals surface area (Å²) < 4.78 is 10.2. The van der Waals surface area contributed by atoms with Gasteiger partial charge in [-0.3, -0.25) is 9.69 Å². The lowest BCUT2D eigenvalue weighted by Crippen LogP contribution is -2.30. The number of carbonyl (C=O) groups is 1. The molecule has 0 heterocycles. The Kier molecular flexibility index (Phi) is 7.42. The highest BCUT2D eigenvalue weighted by Gasteiger charge is 2.06. The number of ether oxygens (including phenoxy) is 2. The predicted molar refractivity (Wildman–Crippen MR) is 55.2 cm³/mol. The van der Waals surface area contributed by atoms with E-state index in [4.69, 9.17) is 9.47 Å². The van der Waals surface area contributed by atoms with Crippen molar-refractivity contribution in [2.24, 2.45) is 0 Å². The maximum absolute atomic E-state index is 11.0. The van der Waals surface area contributed by atoms with Crippen molar-refractivity contribution in [2.45, 2.75) is 26.9 Å². The van der Waals surface area contributed by atoms with E-state index < -0.39 is 0 Å². The summed E-state index contributed by atoms with van der Waals surface area (Å²) in [5.41, 5.74) is 0. The molecule has 0 saturated heterocycles. The Balaban J connectivity index is 3.44. The number of nitrogens with zero attached hydrogens (tertiary/aromatic N) is 1. The van der Waals surface area contributed by atoms with E-state index in [9.17, 15) is 4.79 Å². The van der Waals surface area contributed by atoms with E-state index >= 15 is 0 Å². The van der Waals surface area contributed by atoms with Crippen LogP contribution in [-0.4, -0.2) is 50.3 Å². The van der Waals surface area contributed by atoms with Gasteiger partial charge >= 0.3 is 5.97 Å². The Labute approximate surface area is 86.2 Å². The second-order valence-corrected chi connectivity index (χ2v) is 3.46. The van der Waals surface area contributed by atoms with E-state index in [1.54, 1.807) is 6.92 Å². The molecule has 0 atom stereocenters. The molecule has 84 valence electrons. The van der Waals surface area contributed by atoms with Crippen molar-refractivity contribution in [3.63, 3.8) is 0 Å². The minimum absolute atomic E-state index is 0.181. The summed E-state index contributed by atoms with van der Waals surface area (Å²) in [5.74, 6) is -0.181. The second-order valence-electron chi connectivity index (χ2n) is 3.46. The maximum atomic E-state index is 11.0. The van der Waals surface area contributed by atoms with Crippen LogP contribution in [0.15, 0.2) is 0 Å². The van der Waals surface area contributed by atoms with E-state index in [0.717, 1.165) is 6.54 Å². The van der Waals surface area contributed by atoms with Crippen molar-refractivity contribution < 1.29 is 14.3 Å². The normalized spacial score (nSPS) is 11.0. The van der Waals surface area contributed by atoms with Crippen LogP contribution in [0, 0.1) is 0 Å². The lowest BCUT2D eigenvalue weighted by molar-refractivity contribution is -0.144. The van der Waals surface area contributed by atoms with Gasteiger partial charge in [0, 0.05) is 6.54 Å². The van der Waals surface area contributed by atoms with E-state index in [0.29, 0.717) is 19.8 Å². The molecule has 0 spiro atoms. The molecular weight excluding hydrogens is 182 g/mol. The van der Waals surface area contributed by atoms with Crippen LogP contribution in [0.2, 0.25) is 0 Å². The molecule has 0 fully saturated rings. The van der Waals surface area contributed by atoms with Crippen molar-refractivity contribution in [3.8, 4) is 0 Å². The SMILES string of the molecule is CCOC(=O)CN(C)CCOC(C)C. The number of rotatable bonds is 7. The van der Waals surface area contributed by atoms with Gasteiger partial charge < -0.3 is 9.47 Å². The largest absolute Gasteiger partial charge is 0.465 e. The summed E-state index contributed by atoms with van der Waals surface area (Å²) in [4.78, 5) is 12.9. The molecular formula is C10H21NO3. The highest BCUT2D eigenvalue weighted by atomic mass is 16.5. The number of esters is 1. The van der Waals surface area contributed by atoms with Crippen LogP contribution in [-0.2, 0) is 14.3 Å². The third kappa shape index (κ3) is 8.01. The molecule has 4 heteroatoms. The monoisotopic (exact) mass is 203 g/mol. The third-order valence-corrected chi connectivity index (χ3v) is 1.63. The number of hydrogen-bond acceptors (Lipinski definition) is 4. The zero-order valence-electron chi connectivity index (χ0n) is 9.58. The fourth-order valence-corrected chi connectivity index (χ4v) is 0.950. The summed E-state index contributed by atoms with van der Waals surface area (Å²) in [6.45, 7) is 7.95. The van der Waals surface area contributed by atoms with E-state index in [-0.39, 0.29) is 12.1 Å². The van der Waals surface area contributed by atoms with Gasteiger partial charge in [0.2, 0.25) is 0 Å². The number of carbonyl (C=O) groups excluding carboxylic acids is 1. The van der Waals surface area contributed by atoms with Gasteiger partial charge in [-0.25, -0.2) is 0 Å². The quantitative estimate of drug-likeness (QED) is 0.576. The lowest BCUT2D eigenvalue weighted by Gasteiger charge is -2.16. The molecule has 0 aromatic heterocycles. The van der Waals surface area contributed by atoms with Crippen molar-refractivity contribution in [3.05, 3.63) is 0 Å². The molecule has 0 aliphatic rings. The van der Waals surface area contributed by atoms with Crippen LogP contribution in [0.4, 0.5) is 0 Å². The first kappa shape index (κ1) is 13.4. The molecule has 0 N–H and O–H groups in total. The number of hydrogen-bond donors (Lipinski definition) is 0. The Morgan fingerprint density at radius 2 is 2.07 bits per heavy atom. The molecule has 0 rings (SSSR count). The second kappa shape index (κ2) is 7.76. The highest BCUT2D eigenvalue weighted by Crippen LogP contribution is 1.90. The van der Waals surface area contributed by atoms with Crippen LogP contribution in [0.1, 0.15) is 20.8 Å². The van der Waals surface area contributed by atoms with Gasteiger partial charge in [0.15, 0.2) is 0 Å². The molecule has 0 unspecified atom stereocenters. The van der Waals surface area contributed by atoms with Crippen LogP contribution >= 0.6 is 0 Å². The molecule has 0 amide bonds. The van der Waals surface area contributed by atoms with Gasteiger partial charge in [-0.05, 0) is 27.8 Å². The van der Waals surface area contributed by atoms with E-state index in [1.165, 1.54) is 0 Å². The maximum Gasteiger partial charge on any atom is 0.320 e. The van der Waals surface area contributed by atoms with E-state index in [1.807, 2.05) is 25.8 Å². The Morgan fingerprint density at radius 3 is 2.57 bits per heavy atom. The van der Waals surface area contributed by atoms with Crippen LogP contribution in [0.5, 0.6) is 0 Å². The molecule has 0 aliphatic carbocycles. The molecule has 0 aromatic carbocycles. The lowest BCUT2D eigenvalue weighted by atomic mass is 10.4. The van der Waals surface area contributed by atoms with Crippen molar-refractivity contribution in [1.82, 2.24) is 4.90 Å². The zero-order chi connectivity index (χ0) is 11.0. The molecule has 0 bridgehead atoms. The summed E-state index contributed by atoms with van der Waals surface area (Å²) in [6.07, 6.45) is 0.242. The topological polar surface area (TPSA) is 38.8 Å². The Morgan fingerprint density at radius 1 is 1.43 bits per heavy atom. The number of likely N-dealkylation sites (N-methyl/N-ethyl adjacent to an activating group) is 1. The zero-order valence-corrected chi connectivity index (χ0v) is 9.58. The molecule has 0 aromatic rings. The standard InChI is InChI=1S/C10H21NO3/c1-5-13-10(12)8-11(4)6-7-14-9(2)3/h9H,5-8H2,1-4H3. The van der Waals surface area contributed by atoms with Crippen LogP contribution in [0.25, 0.3) is 0 Å². The third-order valence-electron chi connectivity index (χ3n) is 1.63. The molecule has 0 radical (unpaired) electrons. The minimum atomic E-state index is -0.181. The molecule has 0 saturated carbocycles. The summed E-state index contributed by atoms with van der Waals surface area (Å²) >= 11 is 0. The van der Waals surface area contributed by atoms with Gasteiger partial charge in [0.1, 0.15) is 0 Å². The average molecular weight is 203 g/mol. The van der Waals surface area contributed by atoms with Gasteiger partial charge in [-0.1, -0.05) is 0 Å². The first-order valence-corrected chi connectivity index (χ1v) is 5.02. The van der Waals surface area contributed by atoms with Crippen molar-refractivity contribution in [1.29, 1.82) is 0 Å². The van der Waals surface area contributed by atoms with Crippen LogP contribution < -0.4 is 0 Å². The summed E-state index contributed by atoms with van der Waals surface area (Å²) in [6, 6.07) is 0. The van der Waals surface area contributed by atoms with Gasteiger partial charge in [-0.15, -0.1) is 0 Å². The summed E-state index contributed by atoms with van der Waals surface area (Å²) in [7, 11) is 1.88. The Bertz CT molecular complexity index is 159. The first-order chi connectivity index (χ1) is 6.56. The average Bonchev–Trinajstić information content (AvgIpc) is 2.03. The molecule has 14 heavy (non-hydrogen) atoms. The molecule has 0 aliphatic heterocycles. The summed E-state index contributed by atoms with van der Waals surface area (Å²) in [5, 5.41) is 0. The fourth-order valence-electron chi connectivity index (χ4n) is 0.950. The van der Waals surface area contributed by atoms with Gasteiger partial charge in [0.25, 0.3) is 0 Å². The van der Waals surface area contributed by atoms with Crippen molar-refractivity contribution >= 4 is 5.97 Å². The van der Waals surface area contributed by atoms with E-state index in [2.05, 4.69) is 0 Å². The first-order valence-electron chi connectivity index (χ1n) is 5.02. The predicted octanol–water partition coefficient (Wildman–Crippen LogP) is 0.906. The van der Waals surface area contributed by atoms with Gasteiger partial charge in [0.05, 0.1) is 25.9 Å². The highest BCUT2D eigenvalue weighted by molar-refractivity contribution is 5.71. The van der Waals surface area contributed by atoms with Crippen LogP contribution in [0.3, 0.4) is 0 Å². The Hall–Kier alpha value is -0.610. The minimum Gasteiger partial charge on any atom is -0.465 e. The molecule has 4 nitrogen and oxygen atoms in total. The van der Waals surface area contributed by atoms with Gasteiger partial charge in [-0.2, -0.15) is 0 Å². The fraction of sp³-hybridized carbons (Fsp3) is 0.900. The van der Waals surface area contributed by atoms with Crippen molar-refractivity contribution in [2.75, 3.05) is 33.4 Å².